The van der Waals surface area contributed by atoms with Crippen LogP contribution in [0, 0.1) is 17.2 Å². The monoisotopic (exact) mass is 417 g/mol. The SMILES string of the molecule is CN(c1ccccc1)S(=O)(=O)c1cc(C(=O)NC(C)(C#N)C2CC2)ccc1Cl. The van der Waals surface area contributed by atoms with E-state index < -0.39 is 21.5 Å². The molecular formula is C20H20ClN3O3S. The summed E-state index contributed by atoms with van der Waals surface area (Å²) < 4.78 is 27.2. The van der Waals surface area contributed by atoms with Gasteiger partial charge in [-0.05, 0) is 56.0 Å². The molecule has 2 aromatic rings. The standard InChI is InChI=1S/C20H20ClN3O3S/c1-20(13-22,15-9-10-15)23-19(25)14-8-11-17(21)18(12-14)28(26,27)24(2)16-6-4-3-5-7-16/h3-8,11-12,15H,9-10H2,1-2H3,(H,23,25). The number of para-hydroxylation sites is 1. The average molecular weight is 418 g/mol. The van der Waals surface area contributed by atoms with Crippen LogP contribution in [-0.2, 0) is 10.0 Å². The van der Waals surface area contributed by atoms with Crippen molar-refractivity contribution in [3.05, 3.63) is 59.1 Å². The normalized spacial score (nSPS) is 15.9. The number of nitrogens with zero attached hydrogens (tertiary/aromatic N) is 2. The number of anilines is 1. The molecule has 1 N–H and O–H groups in total. The number of amides is 1. The lowest BCUT2D eigenvalue weighted by Crippen LogP contribution is -2.46. The second-order valence-electron chi connectivity index (χ2n) is 7.00. The quantitative estimate of drug-likeness (QED) is 0.777. The Hall–Kier alpha value is -2.56. The largest absolute Gasteiger partial charge is 0.334 e. The number of carbonyl (C=O) groups is 1. The van der Waals surface area contributed by atoms with E-state index in [1.165, 1.54) is 25.2 Å². The fraction of sp³-hybridized carbons (Fsp3) is 0.300. The number of benzene rings is 2. The fourth-order valence-corrected chi connectivity index (χ4v) is 4.65. The molecule has 8 heteroatoms. The van der Waals surface area contributed by atoms with Crippen molar-refractivity contribution in [3.8, 4) is 6.07 Å². The molecule has 0 aliphatic heterocycles. The van der Waals surface area contributed by atoms with Gasteiger partial charge in [0.15, 0.2) is 0 Å². The first kappa shape index (κ1) is 20.2. The van der Waals surface area contributed by atoms with Crippen LogP contribution in [-0.4, -0.2) is 26.9 Å². The van der Waals surface area contributed by atoms with Gasteiger partial charge in [-0.1, -0.05) is 29.8 Å². The van der Waals surface area contributed by atoms with Crippen LogP contribution in [0.1, 0.15) is 30.1 Å². The van der Waals surface area contributed by atoms with Crippen LogP contribution < -0.4 is 9.62 Å². The highest BCUT2D eigenvalue weighted by molar-refractivity contribution is 7.93. The first-order valence-electron chi connectivity index (χ1n) is 8.76. The van der Waals surface area contributed by atoms with E-state index in [2.05, 4.69) is 11.4 Å². The van der Waals surface area contributed by atoms with Crippen molar-refractivity contribution in [3.63, 3.8) is 0 Å². The van der Waals surface area contributed by atoms with Crippen LogP contribution in [0.2, 0.25) is 5.02 Å². The minimum atomic E-state index is -3.98. The number of hydrogen-bond acceptors (Lipinski definition) is 4. The highest BCUT2D eigenvalue weighted by atomic mass is 35.5. The molecule has 1 saturated carbocycles. The molecule has 0 spiro atoms. The third kappa shape index (κ3) is 3.84. The third-order valence-electron chi connectivity index (χ3n) is 4.95. The van der Waals surface area contributed by atoms with Crippen LogP contribution in [0.15, 0.2) is 53.4 Å². The number of nitriles is 1. The minimum Gasteiger partial charge on any atom is -0.334 e. The number of sulfonamides is 1. The summed E-state index contributed by atoms with van der Waals surface area (Å²) in [5, 5.41) is 12.2. The maximum atomic E-state index is 13.0. The molecule has 146 valence electrons. The summed E-state index contributed by atoms with van der Waals surface area (Å²) in [5.41, 5.74) is -0.373. The zero-order valence-corrected chi connectivity index (χ0v) is 17.1. The summed E-state index contributed by atoms with van der Waals surface area (Å²) in [7, 11) is -2.55. The molecule has 1 fully saturated rings. The predicted molar refractivity (Wildman–Crippen MR) is 108 cm³/mol. The average Bonchev–Trinajstić information content (AvgIpc) is 3.54. The second-order valence-corrected chi connectivity index (χ2v) is 9.34. The van der Waals surface area contributed by atoms with E-state index >= 15 is 0 Å². The molecule has 1 unspecified atom stereocenters. The number of rotatable bonds is 6. The van der Waals surface area contributed by atoms with Crippen LogP contribution in [0.4, 0.5) is 5.69 Å². The molecule has 1 amide bonds. The highest BCUT2D eigenvalue weighted by Crippen LogP contribution is 2.39. The Kier molecular flexibility index (Phi) is 5.37. The van der Waals surface area contributed by atoms with Gasteiger partial charge in [-0.2, -0.15) is 5.26 Å². The molecule has 2 aromatic carbocycles. The minimum absolute atomic E-state index is 0.0181. The molecule has 6 nitrogen and oxygen atoms in total. The number of hydrogen-bond donors (Lipinski definition) is 1. The van der Waals surface area contributed by atoms with Crippen LogP contribution >= 0.6 is 11.6 Å². The van der Waals surface area contributed by atoms with E-state index in [1.54, 1.807) is 37.3 Å². The van der Waals surface area contributed by atoms with Crippen molar-refractivity contribution in [2.75, 3.05) is 11.4 Å². The number of nitrogens with one attached hydrogen (secondary N) is 1. The van der Waals surface area contributed by atoms with Crippen LogP contribution in [0.5, 0.6) is 0 Å². The van der Waals surface area contributed by atoms with Gasteiger partial charge in [-0.15, -0.1) is 0 Å². The zero-order chi connectivity index (χ0) is 20.5. The molecule has 1 aliphatic carbocycles. The molecule has 0 aromatic heterocycles. The van der Waals surface area contributed by atoms with Crippen molar-refractivity contribution in [1.29, 1.82) is 5.26 Å². The lowest BCUT2D eigenvalue weighted by Gasteiger charge is -2.23. The Morgan fingerprint density at radius 2 is 1.89 bits per heavy atom. The van der Waals surface area contributed by atoms with E-state index in [1.807, 2.05) is 0 Å². The maximum Gasteiger partial charge on any atom is 0.265 e. The Morgan fingerprint density at radius 1 is 1.25 bits per heavy atom. The van der Waals surface area contributed by atoms with Crippen molar-refractivity contribution in [2.24, 2.45) is 5.92 Å². The smallest absolute Gasteiger partial charge is 0.265 e. The van der Waals surface area contributed by atoms with Gasteiger partial charge in [0.05, 0.1) is 16.8 Å². The van der Waals surface area contributed by atoms with E-state index in [9.17, 15) is 18.5 Å². The topological polar surface area (TPSA) is 90.3 Å². The summed E-state index contributed by atoms with van der Waals surface area (Å²) in [6.07, 6.45) is 1.76. The predicted octanol–water partition coefficient (Wildman–Crippen LogP) is 3.59. The molecule has 1 atom stereocenters. The van der Waals surface area contributed by atoms with Gasteiger partial charge in [0.25, 0.3) is 15.9 Å². The second kappa shape index (κ2) is 7.46. The van der Waals surface area contributed by atoms with Gasteiger partial charge < -0.3 is 5.32 Å². The van der Waals surface area contributed by atoms with Crippen molar-refractivity contribution < 1.29 is 13.2 Å². The molecule has 3 rings (SSSR count). The van der Waals surface area contributed by atoms with Gasteiger partial charge in [0.1, 0.15) is 10.4 Å². The molecule has 28 heavy (non-hydrogen) atoms. The van der Waals surface area contributed by atoms with Gasteiger partial charge in [-0.3, -0.25) is 9.10 Å². The number of halogens is 1. The summed E-state index contributed by atoms with van der Waals surface area (Å²) >= 11 is 6.15. The molecular weight excluding hydrogens is 398 g/mol. The van der Waals surface area contributed by atoms with E-state index in [0.29, 0.717) is 5.69 Å². The molecule has 0 heterocycles. The summed E-state index contributed by atoms with van der Waals surface area (Å²) in [6.45, 7) is 1.68. The summed E-state index contributed by atoms with van der Waals surface area (Å²) in [4.78, 5) is 12.5. The molecule has 0 radical (unpaired) electrons. The summed E-state index contributed by atoms with van der Waals surface area (Å²) in [6, 6.07) is 14.8. The Balaban J connectivity index is 1.93. The van der Waals surface area contributed by atoms with Crippen LogP contribution in [0.3, 0.4) is 0 Å². The summed E-state index contributed by atoms with van der Waals surface area (Å²) in [5.74, 6) is -0.396. The highest BCUT2D eigenvalue weighted by Gasteiger charge is 2.43. The van der Waals surface area contributed by atoms with Crippen molar-refractivity contribution in [2.45, 2.75) is 30.2 Å². The van der Waals surface area contributed by atoms with Gasteiger partial charge >= 0.3 is 0 Å². The van der Waals surface area contributed by atoms with Crippen LogP contribution in [0.25, 0.3) is 0 Å². The third-order valence-corrected chi connectivity index (χ3v) is 7.22. The van der Waals surface area contributed by atoms with E-state index in [0.717, 1.165) is 17.1 Å². The van der Waals surface area contributed by atoms with Crippen molar-refractivity contribution >= 4 is 33.2 Å². The van der Waals surface area contributed by atoms with Gasteiger partial charge in [0.2, 0.25) is 0 Å². The van der Waals surface area contributed by atoms with E-state index in [-0.39, 0.29) is 21.4 Å². The molecule has 0 saturated heterocycles. The van der Waals surface area contributed by atoms with Crippen molar-refractivity contribution in [1.82, 2.24) is 5.32 Å². The zero-order valence-electron chi connectivity index (χ0n) is 15.5. The van der Waals surface area contributed by atoms with Gasteiger partial charge in [0, 0.05) is 12.6 Å². The Bertz CT molecular complexity index is 1050. The number of carbonyl (C=O) groups excluding carboxylic acids is 1. The lowest BCUT2D eigenvalue weighted by atomic mass is 9.97. The molecule has 0 bridgehead atoms. The first-order valence-corrected chi connectivity index (χ1v) is 10.6. The fourth-order valence-electron chi connectivity index (χ4n) is 2.96. The lowest BCUT2D eigenvalue weighted by molar-refractivity contribution is 0.0917. The molecule has 1 aliphatic rings. The Morgan fingerprint density at radius 3 is 2.46 bits per heavy atom. The first-order chi connectivity index (χ1) is 13.2. The van der Waals surface area contributed by atoms with E-state index in [4.69, 9.17) is 11.6 Å². The Labute approximate surface area is 169 Å². The van der Waals surface area contributed by atoms with Gasteiger partial charge in [-0.25, -0.2) is 8.42 Å². The maximum absolute atomic E-state index is 13.0.